The molecule has 9 nitrogen and oxygen atoms in total. The van der Waals surface area contributed by atoms with E-state index in [4.69, 9.17) is 4.98 Å². The van der Waals surface area contributed by atoms with Crippen molar-refractivity contribution in [3.8, 4) is 23.0 Å². The molecule has 9 heteroatoms. The van der Waals surface area contributed by atoms with Crippen LogP contribution in [0.1, 0.15) is 19.4 Å². The minimum absolute atomic E-state index is 0.239. The molecule has 0 unspecified atom stereocenters. The maximum absolute atomic E-state index is 13.1. The van der Waals surface area contributed by atoms with Crippen LogP contribution in [-0.2, 0) is 12.5 Å². The van der Waals surface area contributed by atoms with E-state index in [1.807, 2.05) is 25.4 Å². The first-order valence-corrected chi connectivity index (χ1v) is 10.2. The number of aromatic amines is 1. The van der Waals surface area contributed by atoms with E-state index < -0.39 is 16.7 Å². The summed E-state index contributed by atoms with van der Waals surface area (Å²) in [5.74, 6) is 0. The minimum atomic E-state index is -0.757. The lowest BCUT2D eigenvalue weighted by Gasteiger charge is -2.18. The van der Waals surface area contributed by atoms with E-state index in [1.54, 1.807) is 49.0 Å². The number of nitrogens with zero attached hydrogens (tertiary/aromatic N) is 6. The topological polar surface area (TPSA) is 122 Å². The fraction of sp³-hybridized carbons (Fsp3) is 0.167. The molecule has 0 fully saturated rings. The Balaban J connectivity index is 1.89. The molecule has 33 heavy (non-hydrogen) atoms. The van der Waals surface area contributed by atoms with Crippen LogP contribution in [0.4, 0.5) is 0 Å². The molecule has 0 amide bonds. The van der Waals surface area contributed by atoms with Gasteiger partial charge in [-0.25, -0.2) is 9.78 Å². The summed E-state index contributed by atoms with van der Waals surface area (Å²) in [6.07, 6.45) is 4.97. The van der Waals surface area contributed by atoms with Gasteiger partial charge in [-0.05, 0) is 43.7 Å². The first kappa shape index (κ1) is 20.3. The Hall–Kier alpha value is -4.58. The minimum Gasteiger partial charge on any atom is -0.275 e. The molecule has 0 aliphatic rings. The van der Waals surface area contributed by atoms with E-state index in [2.05, 4.69) is 21.1 Å². The van der Waals surface area contributed by atoms with Gasteiger partial charge in [-0.1, -0.05) is 12.1 Å². The van der Waals surface area contributed by atoms with Crippen LogP contribution in [0.3, 0.4) is 0 Å². The van der Waals surface area contributed by atoms with E-state index in [0.29, 0.717) is 27.9 Å². The number of aryl methyl sites for hydroxylation is 1. The van der Waals surface area contributed by atoms with Crippen LogP contribution in [0.2, 0.25) is 0 Å². The number of hydrogen-bond acceptors (Lipinski definition) is 6. The standard InChI is InChI=1S/C24H19N7O2/c1-24(2,13-25)15-5-4-6-16(9-15)31-21-17(22(32)29-23(31)33)11-26-19-8-7-18(28-20(19)21)14-10-27-30(3)12-14/h4-12H,1-3H3,(H,29,32,33). The molecule has 4 aromatic heterocycles. The monoisotopic (exact) mass is 437 g/mol. The van der Waals surface area contributed by atoms with Crippen molar-refractivity contribution in [1.82, 2.24) is 29.3 Å². The molecule has 0 radical (unpaired) electrons. The lowest BCUT2D eigenvalue weighted by atomic mass is 9.86. The quantitative estimate of drug-likeness (QED) is 0.433. The van der Waals surface area contributed by atoms with Gasteiger partial charge in [0.2, 0.25) is 0 Å². The first-order chi connectivity index (χ1) is 15.8. The predicted octanol–water partition coefficient (Wildman–Crippen LogP) is 2.82. The van der Waals surface area contributed by atoms with Gasteiger partial charge in [-0.15, -0.1) is 0 Å². The van der Waals surface area contributed by atoms with Crippen molar-refractivity contribution >= 4 is 21.9 Å². The average Bonchev–Trinajstić information content (AvgIpc) is 3.25. The third-order valence-corrected chi connectivity index (χ3v) is 5.68. The maximum atomic E-state index is 13.1. The predicted molar refractivity (Wildman–Crippen MR) is 124 cm³/mol. The smallest absolute Gasteiger partial charge is 0.275 e. The van der Waals surface area contributed by atoms with Crippen molar-refractivity contribution in [2.24, 2.45) is 7.05 Å². The Morgan fingerprint density at radius 3 is 2.67 bits per heavy atom. The van der Waals surface area contributed by atoms with E-state index in [1.165, 1.54) is 10.8 Å². The second-order valence-electron chi connectivity index (χ2n) is 8.37. The molecule has 0 bridgehead atoms. The van der Waals surface area contributed by atoms with Crippen LogP contribution < -0.4 is 11.2 Å². The summed E-state index contributed by atoms with van der Waals surface area (Å²) >= 11 is 0. The molecule has 0 atom stereocenters. The number of aromatic nitrogens is 6. The van der Waals surface area contributed by atoms with Gasteiger partial charge in [0, 0.05) is 25.0 Å². The zero-order valence-electron chi connectivity index (χ0n) is 18.2. The molecule has 4 heterocycles. The maximum Gasteiger partial charge on any atom is 0.333 e. The van der Waals surface area contributed by atoms with Crippen LogP contribution in [0, 0.1) is 11.3 Å². The highest BCUT2D eigenvalue weighted by molar-refractivity contribution is 6.01. The van der Waals surface area contributed by atoms with Crippen molar-refractivity contribution in [3.05, 3.63) is 81.4 Å². The number of H-pyrrole nitrogens is 1. The van der Waals surface area contributed by atoms with Crippen LogP contribution >= 0.6 is 0 Å². The van der Waals surface area contributed by atoms with E-state index in [-0.39, 0.29) is 5.39 Å². The Bertz CT molecular complexity index is 1720. The van der Waals surface area contributed by atoms with Crippen LogP contribution in [0.25, 0.3) is 38.9 Å². The third-order valence-electron chi connectivity index (χ3n) is 5.68. The Morgan fingerprint density at radius 1 is 1.12 bits per heavy atom. The van der Waals surface area contributed by atoms with E-state index >= 15 is 0 Å². The lowest BCUT2D eigenvalue weighted by molar-refractivity contribution is 0.686. The number of pyridine rings is 2. The summed E-state index contributed by atoms with van der Waals surface area (Å²) in [6.45, 7) is 3.61. The van der Waals surface area contributed by atoms with Gasteiger partial charge in [0.15, 0.2) is 0 Å². The van der Waals surface area contributed by atoms with Crippen molar-refractivity contribution in [1.29, 1.82) is 5.26 Å². The highest BCUT2D eigenvalue weighted by Gasteiger charge is 2.21. The Labute approximate surface area is 187 Å². The number of nitriles is 1. The van der Waals surface area contributed by atoms with Gasteiger partial charge in [0.05, 0.1) is 45.5 Å². The molecule has 5 aromatic rings. The van der Waals surface area contributed by atoms with Crippen LogP contribution in [0.5, 0.6) is 0 Å². The number of fused-ring (bicyclic) bond motifs is 3. The molecule has 0 aliphatic carbocycles. The summed E-state index contributed by atoms with van der Waals surface area (Å²) in [5.41, 5.74) is 2.13. The zero-order chi connectivity index (χ0) is 23.3. The van der Waals surface area contributed by atoms with Gasteiger partial charge in [-0.3, -0.25) is 24.0 Å². The Kier molecular flexibility index (Phi) is 4.46. The highest BCUT2D eigenvalue weighted by Crippen LogP contribution is 2.27. The van der Waals surface area contributed by atoms with Gasteiger partial charge in [-0.2, -0.15) is 10.4 Å². The molecule has 0 aliphatic heterocycles. The van der Waals surface area contributed by atoms with Crippen molar-refractivity contribution in [3.63, 3.8) is 0 Å². The van der Waals surface area contributed by atoms with Crippen molar-refractivity contribution in [2.75, 3.05) is 0 Å². The number of hydrogen-bond donors (Lipinski definition) is 1. The van der Waals surface area contributed by atoms with Crippen LogP contribution in [0.15, 0.2) is 64.6 Å². The van der Waals surface area contributed by atoms with Crippen LogP contribution in [-0.4, -0.2) is 29.3 Å². The highest BCUT2D eigenvalue weighted by atomic mass is 16.2. The summed E-state index contributed by atoms with van der Waals surface area (Å²) in [5, 5.41) is 14.0. The number of benzene rings is 1. The fourth-order valence-corrected chi connectivity index (χ4v) is 3.83. The Morgan fingerprint density at radius 2 is 1.94 bits per heavy atom. The second-order valence-corrected chi connectivity index (χ2v) is 8.37. The van der Waals surface area contributed by atoms with E-state index in [0.717, 1.165) is 11.1 Å². The molecular weight excluding hydrogens is 418 g/mol. The van der Waals surface area contributed by atoms with Gasteiger partial charge in [0.25, 0.3) is 5.56 Å². The third kappa shape index (κ3) is 3.29. The lowest BCUT2D eigenvalue weighted by Crippen LogP contribution is -2.30. The summed E-state index contributed by atoms with van der Waals surface area (Å²) in [4.78, 5) is 37.2. The SMILES string of the molecule is Cn1cc(-c2ccc3ncc4c(=O)[nH]c(=O)n(-c5cccc(C(C)(C)C#N)c5)c4c3n2)cn1. The molecule has 1 N–H and O–H groups in total. The van der Waals surface area contributed by atoms with Crippen molar-refractivity contribution < 1.29 is 0 Å². The average molecular weight is 437 g/mol. The largest absolute Gasteiger partial charge is 0.333 e. The fourth-order valence-electron chi connectivity index (χ4n) is 3.83. The molecular formula is C24H19N7O2. The molecule has 0 spiro atoms. The van der Waals surface area contributed by atoms with E-state index in [9.17, 15) is 14.9 Å². The molecule has 0 saturated carbocycles. The molecule has 0 saturated heterocycles. The zero-order valence-corrected chi connectivity index (χ0v) is 18.2. The summed E-state index contributed by atoms with van der Waals surface area (Å²) < 4.78 is 3.09. The van der Waals surface area contributed by atoms with Gasteiger partial charge < -0.3 is 0 Å². The second kappa shape index (κ2) is 7.24. The molecule has 162 valence electrons. The van der Waals surface area contributed by atoms with Gasteiger partial charge in [0.1, 0.15) is 5.52 Å². The normalized spacial score (nSPS) is 11.7. The first-order valence-electron chi connectivity index (χ1n) is 10.2. The number of nitrogens with one attached hydrogen (secondary N) is 1. The number of rotatable bonds is 3. The molecule has 1 aromatic carbocycles. The van der Waals surface area contributed by atoms with Crippen molar-refractivity contribution in [2.45, 2.75) is 19.3 Å². The summed E-state index contributed by atoms with van der Waals surface area (Å²) in [7, 11) is 1.81. The molecule has 5 rings (SSSR count). The summed E-state index contributed by atoms with van der Waals surface area (Å²) in [6, 6.07) is 13.1. The van der Waals surface area contributed by atoms with Gasteiger partial charge >= 0.3 is 5.69 Å².